The molecular formula is C15H22BrNO. The Bertz CT molecular complexity index is 396. The molecule has 100 valence electrons. The van der Waals surface area contributed by atoms with Crippen LogP contribution in [0.3, 0.4) is 0 Å². The molecule has 2 unspecified atom stereocenters. The lowest BCUT2D eigenvalue weighted by molar-refractivity contribution is 0.198. The molecule has 1 aliphatic carbocycles. The first-order chi connectivity index (χ1) is 8.74. The number of rotatable bonds is 7. The third-order valence-corrected chi connectivity index (χ3v) is 4.75. The fourth-order valence-corrected chi connectivity index (χ4v) is 3.59. The molecule has 0 bridgehead atoms. The lowest BCUT2D eigenvalue weighted by Gasteiger charge is -2.20. The van der Waals surface area contributed by atoms with Crippen molar-refractivity contribution in [2.24, 2.45) is 5.92 Å². The molecule has 1 saturated carbocycles. The van der Waals surface area contributed by atoms with Gasteiger partial charge in [-0.05, 0) is 24.0 Å². The minimum atomic E-state index is 0.336. The maximum atomic E-state index is 5.09. The molecule has 0 saturated heterocycles. The van der Waals surface area contributed by atoms with E-state index in [4.69, 9.17) is 4.74 Å². The number of methoxy groups -OCH3 is 1. The van der Waals surface area contributed by atoms with Crippen LogP contribution in [0.1, 0.15) is 25.3 Å². The molecule has 0 amide bonds. The van der Waals surface area contributed by atoms with Gasteiger partial charge >= 0.3 is 0 Å². The fraction of sp³-hybridized carbons (Fsp3) is 0.600. The highest BCUT2D eigenvalue weighted by Gasteiger charge is 2.54. The van der Waals surface area contributed by atoms with Crippen LogP contribution in [-0.2, 0) is 10.2 Å². The van der Waals surface area contributed by atoms with Crippen molar-refractivity contribution in [1.29, 1.82) is 0 Å². The van der Waals surface area contributed by atoms with E-state index < -0.39 is 0 Å². The van der Waals surface area contributed by atoms with Crippen molar-refractivity contribution in [2.45, 2.75) is 25.2 Å². The summed E-state index contributed by atoms with van der Waals surface area (Å²) in [6.07, 6.45) is 2.55. The summed E-state index contributed by atoms with van der Waals surface area (Å²) in [7, 11) is 1.75. The molecule has 1 fully saturated rings. The second-order valence-corrected chi connectivity index (χ2v) is 5.97. The Kier molecular flexibility index (Phi) is 4.82. The van der Waals surface area contributed by atoms with Gasteiger partial charge in [-0.3, -0.25) is 0 Å². The van der Waals surface area contributed by atoms with Crippen molar-refractivity contribution >= 4 is 15.9 Å². The van der Waals surface area contributed by atoms with Gasteiger partial charge in [-0.25, -0.2) is 0 Å². The maximum Gasteiger partial charge on any atom is 0.0587 e. The Morgan fingerprint density at radius 1 is 1.44 bits per heavy atom. The average Bonchev–Trinajstić information content (AvgIpc) is 3.10. The van der Waals surface area contributed by atoms with Crippen LogP contribution in [0.25, 0.3) is 0 Å². The second-order valence-electron chi connectivity index (χ2n) is 5.11. The Labute approximate surface area is 118 Å². The SMILES string of the molecule is CCC1CC1(CNCCOC)c1ccccc1Br. The number of halogens is 1. The minimum absolute atomic E-state index is 0.336. The molecule has 2 atom stereocenters. The van der Waals surface area contributed by atoms with Crippen molar-refractivity contribution in [1.82, 2.24) is 5.32 Å². The first kappa shape index (κ1) is 14.0. The summed E-state index contributed by atoms with van der Waals surface area (Å²) in [5, 5.41) is 3.53. The van der Waals surface area contributed by atoms with E-state index in [0.29, 0.717) is 5.41 Å². The number of hydrogen-bond acceptors (Lipinski definition) is 2. The van der Waals surface area contributed by atoms with Crippen molar-refractivity contribution in [3.8, 4) is 0 Å². The number of benzene rings is 1. The Morgan fingerprint density at radius 2 is 2.22 bits per heavy atom. The number of ether oxygens (including phenoxy) is 1. The van der Waals surface area contributed by atoms with Crippen LogP contribution in [0, 0.1) is 5.92 Å². The second kappa shape index (κ2) is 6.18. The highest BCUT2D eigenvalue weighted by Crippen LogP contribution is 2.57. The van der Waals surface area contributed by atoms with Crippen molar-refractivity contribution in [3.63, 3.8) is 0 Å². The molecule has 0 aliphatic heterocycles. The summed E-state index contributed by atoms with van der Waals surface area (Å²) in [5.74, 6) is 0.811. The van der Waals surface area contributed by atoms with E-state index in [-0.39, 0.29) is 0 Å². The van der Waals surface area contributed by atoms with Crippen LogP contribution in [0.2, 0.25) is 0 Å². The monoisotopic (exact) mass is 311 g/mol. The largest absolute Gasteiger partial charge is 0.383 e. The lowest BCUT2D eigenvalue weighted by atomic mass is 9.92. The molecule has 1 aliphatic rings. The summed E-state index contributed by atoms with van der Waals surface area (Å²) in [5.41, 5.74) is 1.80. The summed E-state index contributed by atoms with van der Waals surface area (Å²) in [6.45, 7) is 5.05. The molecular weight excluding hydrogens is 290 g/mol. The van der Waals surface area contributed by atoms with Gasteiger partial charge in [0.25, 0.3) is 0 Å². The predicted molar refractivity (Wildman–Crippen MR) is 79.0 cm³/mol. The Balaban J connectivity index is 2.07. The fourth-order valence-electron chi connectivity index (χ4n) is 2.91. The molecule has 0 aromatic heterocycles. The Hall–Kier alpha value is -0.380. The molecule has 3 heteroatoms. The summed E-state index contributed by atoms with van der Waals surface area (Å²) < 4.78 is 6.33. The van der Waals surface area contributed by atoms with Gasteiger partial charge < -0.3 is 10.1 Å². The predicted octanol–water partition coefficient (Wildman–Crippen LogP) is 3.35. The summed E-state index contributed by atoms with van der Waals surface area (Å²) in [6, 6.07) is 8.64. The van der Waals surface area contributed by atoms with Crippen molar-refractivity contribution in [2.75, 3.05) is 26.8 Å². The van der Waals surface area contributed by atoms with E-state index in [2.05, 4.69) is 52.4 Å². The summed E-state index contributed by atoms with van der Waals surface area (Å²) >= 11 is 3.70. The van der Waals surface area contributed by atoms with Crippen LogP contribution in [0.4, 0.5) is 0 Å². The van der Waals surface area contributed by atoms with Crippen LogP contribution >= 0.6 is 15.9 Å². The quantitative estimate of drug-likeness (QED) is 0.780. The number of nitrogens with one attached hydrogen (secondary N) is 1. The highest BCUT2D eigenvalue weighted by molar-refractivity contribution is 9.10. The average molecular weight is 312 g/mol. The first-order valence-electron chi connectivity index (χ1n) is 6.69. The van der Waals surface area contributed by atoms with Crippen LogP contribution in [-0.4, -0.2) is 26.8 Å². The van der Waals surface area contributed by atoms with Gasteiger partial charge in [0, 0.05) is 30.1 Å². The summed E-state index contributed by atoms with van der Waals surface area (Å²) in [4.78, 5) is 0. The van der Waals surface area contributed by atoms with Crippen molar-refractivity contribution < 1.29 is 4.74 Å². The molecule has 1 aromatic carbocycles. The van der Waals surface area contributed by atoms with E-state index in [1.165, 1.54) is 22.9 Å². The third-order valence-electron chi connectivity index (χ3n) is 4.06. The first-order valence-corrected chi connectivity index (χ1v) is 7.48. The molecule has 1 aromatic rings. The zero-order valence-electron chi connectivity index (χ0n) is 11.2. The van der Waals surface area contributed by atoms with Gasteiger partial charge in [0.05, 0.1) is 6.61 Å². The molecule has 1 N–H and O–H groups in total. The Morgan fingerprint density at radius 3 is 2.83 bits per heavy atom. The maximum absolute atomic E-state index is 5.09. The van der Waals surface area contributed by atoms with Gasteiger partial charge in [-0.15, -0.1) is 0 Å². The van der Waals surface area contributed by atoms with E-state index >= 15 is 0 Å². The normalized spacial score (nSPS) is 26.3. The van der Waals surface area contributed by atoms with E-state index in [9.17, 15) is 0 Å². The van der Waals surface area contributed by atoms with Gasteiger partial charge in [0.15, 0.2) is 0 Å². The number of hydrogen-bond donors (Lipinski definition) is 1. The van der Waals surface area contributed by atoms with Crippen molar-refractivity contribution in [3.05, 3.63) is 34.3 Å². The van der Waals surface area contributed by atoms with Crippen LogP contribution in [0.5, 0.6) is 0 Å². The lowest BCUT2D eigenvalue weighted by Crippen LogP contribution is -2.31. The van der Waals surface area contributed by atoms with Crippen LogP contribution < -0.4 is 5.32 Å². The standard InChI is InChI=1S/C15H22BrNO/c1-3-12-10-15(12,11-17-8-9-18-2)13-6-4-5-7-14(13)16/h4-7,12,17H,3,8-11H2,1-2H3. The van der Waals surface area contributed by atoms with Gasteiger partial charge in [-0.1, -0.05) is 47.5 Å². The smallest absolute Gasteiger partial charge is 0.0587 e. The highest BCUT2D eigenvalue weighted by atomic mass is 79.9. The topological polar surface area (TPSA) is 21.3 Å². The van der Waals surface area contributed by atoms with Gasteiger partial charge in [0.1, 0.15) is 0 Å². The molecule has 2 rings (SSSR count). The minimum Gasteiger partial charge on any atom is -0.383 e. The van der Waals surface area contributed by atoms with Gasteiger partial charge in [0.2, 0.25) is 0 Å². The molecule has 0 radical (unpaired) electrons. The third kappa shape index (κ3) is 2.79. The van der Waals surface area contributed by atoms with Gasteiger partial charge in [-0.2, -0.15) is 0 Å². The molecule has 0 spiro atoms. The molecule has 2 nitrogen and oxygen atoms in total. The molecule has 18 heavy (non-hydrogen) atoms. The zero-order valence-corrected chi connectivity index (χ0v) is 12.8. The van der Waals surface area contributed by atoms with E-state index in [1.807, 2.05) is 0 Å². The zero-order chi connectivity index (χ0) is 13.0. The van der Waals surface area contributed by atoms with E-state index in [0.717, 1.165) is 25.6 Å². The van der Waals surface area contributed by atoms with E-state index in [1.54, 1.807) is 7.11 Å². The van der Waals surface area contributed by atoms with Crippen LogP contribution in [0.15, 0.2) is 28.7 Å². The molecule has 0 heterocycles.